The van der Waals surface area contributed by atoms with Crippen molar-refractivity contribution in [2.24, 2.45) is 0 Å². The fraction of sp³-hybridized carbons (Fsp3) is 0.364. The monoisotopic (exact) mass is 194 g/mol. The summed E-state index contributed by atoms with van der Waals surface area (Å²) in [6.07, 6.45) is 3.46. The summed E-state index contributed by atoms with van der Waals surface area (Å²) < 4.78 is 5.22. The summed E-state index contributed by atoms with van der Waals surface area (Å²) >= 11 is 4.66. The zero-order chi connectivity index (χ0) is 9.52. The highest BCUT2D eigenvalue weighted by molar-refractivity contribution is 7.78. The molecule has 0 bridgehead atoms. The zero-order valence-electron chi connectivity index (χ0n) is 7.82. The Bertz CT molecular complexity index is 271. The molecule has 2 heteroatoms. The molecule has 0 amide bonds. The van der Waals surface area contributed by atoms with Gasteiger partial charge >= 0.3 is 0 Å². The van der Waals surface area contributed by atoms with Crippen molar-refractivity contribution in [3.8, 4) is 5.75 Å². The van der Waals surface area contributed by atoms with Crippen LogP contribution in [-0.4, -0.2) is 5.55 Å². The van der Waals surface area contributed by atoms with E-state index in [9.17, 15) is 0 Å². The van der Waals surface area contributed by atoms with Crippen LogP contribution in [0.4, 0.5) is 0 Å². The van der Waals surface area contributed by atoms with Gasteiger partial charge in [-0.25, -0.2) is 0 Å². The molecule has 0 N–H and O–H groups in total. The van der Waals surface area contributed by atoms with Gasteiger partial charge in [-0.3, -0.25) is 0 Å². The van der Waals surface area contributed by atoms with Crippen LogP contribution in [0.2, 0.25) is 0 Å². The lowest BCUT2D eigenvalue weighted by Crippen LogP contribution is -1.93. The van der Waals surface area contributed by atoms with Crippen molar-refractivity contribution in [3.63, 3.8) is 0 Å². The highest BCUT2D eigenvalue weighted by atomic mass is 32.1. The molecule has 13 heavy (non-hydrogen) atoms. The Morgan fingerprint density at radius 2 is 2.15 bits per heavy atom. The van der Waals surface area contributed by atoms with Gasteiger partial charge in [0.05, 0.1) is 0 Å². The summed E-state index contributed by atoms with van der Waals surface area (Å²) in [5.41, 5.74) is 2.55. The largest absolute Gasteiger partial charge is 0.453 e. The lowest BCUT2D eigenvalue weighted by molar-refractivity contribution is 0.573. The number of unbranched alkanes of at least 4 members (excludes halogenated alkanes) is 1. The average Bonchev–Trinajstić information content (AvgIpc) is 2.17. The smallest absolute Gasteiger partial charge is 0.154 e. The third kappa shape index (κ3) is 3.15. The summed E-state index contributed by atoms with van der Waals surface area (Å²) in [6.45, 7) is 2.18. The molecule has 0 spiro atoms. The van der Waals surface area contributed by atoms with E-state index in [1.165, 1.54) is 24.0 Å². The molecule has 0 aliphatic carbocycles. The molecule has 0 saturated carbocycles. The summed E-state index contributed by atoms with van der Waals surface area (Å²) in [4.78, 5) is 0. The van der Waals surface area contributed by atoms with Crippen molar-refractivity contribution in [1.82, 2.24) is 0 Å². The molecule has 0 unspecified atom stereocenters. The van der Waals surface area contributed by atoms with E-state index in [-0.39, 0.29) is 0 Å². The fourth-order valence-corrected chi connectivity index (χ4v) is 1.35. The van der Waals surface area contributed by atoms with E-state index in [4.69, 9.17) is 4.74 Å². The molecule has 0 atom stereocenters. The van der Waals surface area contributed by atoms with E-state index in [0.717, 1.165) is 12.2 Å². The Morgan fingerprint density at radius 3 is 2.85 bits per heavy atom. The first-order valence-corrected chi connectivity index (χ1v) is 5.03. The highest BCUT2D eigenvalue weighted by Crippen LogP contribution is 2.19. The molecule has 70 valence electrons. The third-order valence-electron chi connectivity index (χ3n) is 1.95. The number of benzene rings is 1. The van der Waals surface area contributed by atoms with Gasteiger partial charge in [0.1, 0.15) is 5.75 Å². The topological polar surface area (TPSA) is 9.23 Å². The Kier molecular flexibility index (Phi) is 4.47. The van der Waals surface area contributed by atoms with E-state index in [1.54, 1.807) is 0 Å². The SMILES string of the molecule is CCCCc1ccccc1OC=S. The van der Waals surface area contributed by atoms with Crippen LogP contribution in [0.5, 0.6) is 5.75 Å². The minimum Gasteiger partial charge on any atom is -0.453 e. The van der Waals surface area contributed by atoms with Crippen LogP contribution in [-0.2, 0) is 6.42 Å². The molecule has 0 aromatic heterocycles. The zero-order valence-corrected chi connectivity index (χ0v) is 8.64. The quantitative estimate of drug-likeness (QED) is 0.665. The first-order chi connectivity index (χ1) is 6.38. The first kappa shape index (κ1) is 10.2. The summed E-state index contributed by atoms with van der Waals surface area (Å²) in [5, 5.41) is 0. The Labute approximate surface area is 84.7 Å². The molecule has 1 aromatic rings. The molecule has 0 fully saturated rings. The van der Waals surface area contributed by atoms with Crippen molar-refractivity contribution in [1.29, 1.82) is 0 Å². The Hall–Kier alpha value is -0.890. The third-order valence-corrected chi connectivity index (χ3v) is 2.04. The Balaban J connectivity index is 2.71. The summed E-state index contributed by atoms with van der Waals surface area (Å²) in [6, 6.07) is 8.03. The van der Waals surface area contributed by atoms with Crippen LogP contribution in [0.1, 0.15) is 25.3 Å². The van der Waals surface area contributed by atoms with Crippen LogP contribution in [0, 0.1) is 0 Å². The van der Waals surface area contributed by atoms with Crippen LogP contribution < -0.4 is 4.74 Å². The number of para-hydroxylation sites is 1. The second kappa shape index (κ2) is 5.70. The lowest BCUT2D eigenvalue weighted by atomic mass is 10.1. The first-order valence-electron chi connectivity index (χ1n) is 4.56. The van der Waals surface area contributed by atoms with Gasteiger partial charge < -0.3 is 4.74 Å². The normalized spacial score (nSPS) is 9.62. The molecule has 1 rings (SSSR count). The van der Waals surface area contributed by atoms with Crippen molar-refractivity contribution in [2.45, 2.75) is 26.2 Å². The van der Waals surface area contributed by atoms with Gasteiger partial charge in [0.25, 0.3) is 0 Å². The molecule has 0 saturated heterocycles. The van der Waals surface area contributed by atoms with Crippen molar-refractivity contribution < 1.29 is 4.74 Å². The second-order valence-corrected chi connectivity index (χ2v) is 3.12. The van der Waals surface area contributed by atoms with E-state index < -0.39 is 0 Å². The van der Waals surface area contributed by atoms with Crippen LogP contribution in [0.3, 0.4) is 0 Å². The van der Waals surface area contributed by atoms with Crippen molar-refractivity contribution in [2.75, 3.05) is 0 Å². The van der Waals surface area contributed by atoms with Crippen LogP contribution in [0.25, 0.3) is 0 Å². The maximum atomic E-state index is 5.22. The van der Waals surface area contributed by atoms with E-state index in [0.29, 0.717) is 0 Å². The van der Waals surface area contributed by atoms with Crippen LogP contribution >= 0.6 is 12.2 Å². The van der Waals surface area contributed by atoms with Gasteiger partial charge in [-0.15, -0.1) is 0 Å². The maximum absolute atomic E-state index is 5.22. The van der Waals surface area contributed by atoms with E-state index in [2.05, 4.69) is 25.2 Å². The van der Waals surface area contributed by atoms with Gasteiger partial charge in [-0.05, 0) is 36.7 Å². The molecule has 0 radical (unpaired) electrons. The van der Waals surface area contributed by atoms with Gasteiger partial charge in [0, 0.05) is 0 Å². The van der Waals surface area contributed by atoms with Gasteiger partial charge in [-0.1, -0.05) is 31.5 Å². The fourth-order valence-electron chi connectivity index (χ4n) is 1.24. The van der Waals surface area contributed by atoms with E-state index in [1.807, 2.05) is 18.2 Å². The molecule has 1 nitrogen and oxygen atoms in total. The van der Waals surface area contributed by atoms with Gasteiger partial charge in [0.15, 0.2) is 5.55 Å². The molecule has 0 heterocycles. The standard InChI is InChI=1S/C11H14OS/c1-2-3-6-10-7-4-5-8-11(10)12-9-13/h4-5,7-9H,2-3,6H2,1H3. The second-order valence-electron chi connectivity index (χ2n) is 2.93. The van der Waals surface area contributed by atoms with Crippen molar-refractivity contribution >= 4 is 17.8 Å². The average molecular weight is 194 g/mol. The predicted octanol–water partition coefficient (Wildman–Crippen LogP) is 3.37. The Morgan fingerprint density at radius 1 is 1.38 bits per heavy atom. The summed E-state index contributed by atoms with van der Waals surface area (Å²) in [5.74, 6) is 0.894. The maximum Gasteiger partial charge on any atom is 0.154 e. The number of hydrogen-bond acceptors (Lipinski definition) is 2. The number of thiocarbonyl (C=S) groups is 1. The minimum atomic E-state index is 0.894. The predicted molar refractivity (Wildman–Crippen MR) is 59.3 cm³/mol. The number of aryl methyl sites for hydroxylation is 1. The van der Waals surface area contributed by atoms with Gasteiger partial charge in [0.2, 0.25) is 0 Å². The molecule has 0 aliphatic rings. The molecule has 1 aromatic carbocycles. The summed E-state index contributed by atoms with van der Waals surface area (Å²) in [7, 11) is 0. The highest BCUT2D eigenvalue weighted by Gasteiger charge is 2.00. The van der Waals surface area contributed by atoms with Crippen LogP contribution in [0.15, 0.2) is 24.3 Å². The molecule has 0 aliphatic heterocycles. The molecular formula is C11H14OS. The minimum absolute atomic E-state index is 0.894. The van der Waals surface area contributed by atoms with Crippen molar-refractivity contribution in [3.05, 3.63) is 29.8 Å². The van der Waals surface area contributed by atoms with E-state index >= 15 is 0 Å². The molecular weight excluding hydrogens is 180 g/mol. The van der Waals surface area contributed by atoms with Gasteiger partial charge in [-0.2, -0.15) is 0 Å². The number of hydrogen-bond donors (Lipinski definition) is 0. The lowest BCUT2D eigenvalue weighted by Gasteiger charge is -2.06. The number of ether oxygens (including phenoxy) is 1. The number of rotatable bonds is 5.